The Bertz CT molecular complexity index is 876. The van der Waals surface area contributed by atoms with Gasteiger partial charge in [0.25, 0.3) is 0 Å². The molecule has 0 radical (unpaired) electrons. The fourth-order valence-electron chi connectivity index (χ4n) is 3.10. The van der Waals surface area contributed by atoms with Crippen molar-refractivity contribution in [2.75, 3.05) is 24.6 Å². The highest BCUT2D eigenvalue weighted by atomic mass is 79.9. The molecule has 0 aromatic heterocycles. The summed E-state index contributed by atoms with van der Waals surface area (Å²) in [6.07, 6.45) is 0. The number of amides is 2. The van der Waals surface area contributed by atoms with Gasteiger partial charge in [-0.25, -0.2) is 4.79 Å². The Morgan fingerprint density at radius 2 is 1.89 bits per heavy atom. The fraction of sp³-hybridized carbons (Fsp3) is 0.300. The molecule has 2 aromatic rings. The molecular formula is C20H19BrCl2N2O3. The van der Waals surface area contributed by atoms with Crippen LogP contribution in [-0.4, -0.2) is 36.6 Å². The van der Waals surface area contributed by atoms with E-state index in [1.165, 1.54) is 0 Å². The number of halogens is 3. The van der Waals surface area contributed by atoms with Crippen LogP contribution in [0.3, 0.4) is 0 Å². The molecule has 1 atom stereocenters. The second kappa shape index (κ2) is 9.16. The molecule has 0 saturated carbocycles. The molecule has 1 unspecified atom stereocenters. The average molecular weight is 486 g/mol. The maximum absolute atomic E-state index is 13.1. The molecule has 1 fully saturated rings. The molecule has 5 nitrogen and oxygen atoms in total. The Morgan fingerprint density at radius 1 is 1.18 bits per heavy atom. The monoisotopic (exact) mass is 484 g/mol. The number of carbonyl (C=O) groups excluding carboxylic acids is 2. The van der Waals surface area contributed by atoms with Gasteiger partial charge in [-0.05, 0) is 48.9 Å². The molecule has 1 aliphatic rings. The minimum atomic E-state index is -0.452. The summed E-state index contributed by atoms with van der Waals surface area (Å²) in [4.78, 5) is 28.8. The standard InChI is InChI=1S/C20H19BrCl2N2O3/c1-2-28-19(26)14-11-24(10-13-3-6-16(22)9-18(13)23)20(27)25(12-14)17-7-4-15(21)5-8-17/h3-9,14H,2,10-12H2,1H3. The quantitative estimate of drug-likeness (QED) is 0.534. The number of nitrogens with zero attached hydrogens (tertiary/aromatic N) is 2. The molecule has 148 valence electrons. The highest BCUT2D eigenvalue weighted by molar-refractivity contribution is 9.10. The molecule has 1 saturated heterocycles. The van der Waals surface area contributed by atoms with Crippen LogP contribution in [-0.2, 0) is 16.1 Å². The topological polar surface area (TPSA) is 49.9 Å². The molecule has 1 heterocycles. The number of benzene rings is 2. The molecule has 1 aliphatic heterocycles. The van der Waals surface area contributed by atoms with Gasteiger partial charge in [-0.3, -0.25) is 9.69 Å². The number of carbonyl (C=O) groups is 2. The molecule has 0 N–H and O–H groups in total. The van der Waals surface area contributed by atoms with Crippen molar-refractivity contribution in [2.24, 2.45) is 5.92 Å². The van der Waals surface area contributed by atoms with Gasteiger partial charge in [0.2, 0.25) is 0 Å². The SMILES string of the molecule is CCOC(=O)C1CN(Cc2ccc(Cl)cc2Cl)C(=O)N(c2ccc(Br)cc2)C1. The molecule has 2 amide bonds. The number of hydrogen-bond acceptors (Lipinski definition) is 3. The number of esters is 1. The molecule has 8 heteroatoms. The lowest BCUT2D eigenvalue weighted by molar-refractivity contribution is -0.148. The Morgan fingerprint density at radius 3 is 2.54 bits per heavy atom. The zero-order valence-corrected chi connectivity index (χ0v) is 18.3. The van der Waals surface area contributed by atoms with Gasteiger partial charge in [0.15, 0.2) is 0 Å². The maximum Gasteiger partial charge on any atom is 0.324 e. The van der Waals surface area contributed by atoms with Crippen LogP contribution in [0.25, 0.3) is 0 Å². The lowest BCUT2D eigenvalue weighted by Crippen LogP contribution is -2.55. The first-order valence-electron chi connectivity index (χ1n) is 8.81. The Hall–Kier alpha value is -1.76. The zero-order chi connectivity index (χ0) is 20.3. The average Bonchev–Trinajstić information content (AvgIpc) is 2.66. The molecule has 0 aliphatic carbocycles. The molecule has 2 aromatic carbocycles. The highest BCUT2D eigenvalue weighted by Crippen LogP contribution is 2.28. The molecule has 3 rings (SSSR count). The van der Waals surface area contributed by atoms with Crippen molar-refractivity contribution < 1.29 is 14.3 Å². The maximum atomic E-state index is 13.1. The molecule has 0 bridgehead atoms. The summed E-state index contributed by atoms with van der Waals surface area (Å²) in [5, 5.41) is 1.01. The van der Waals surface area contributed by atoms with Crippen molar-refractivity contribution in [1.29, 1.82) is 0 Å². The van der Waals surface area contributed by atoms with Gasteiger partial charge in [-0.15, -0.1) is 0 Å². The van der Waals surface area contributed by atoms with Gasteiger partial charge in [-0.2, -0.15) is 0 Å². The second-order valence-corrected chi connectivity index (χ2v) is 8.19. The van der Waals surface area contributed by atoms with Gasteiger partial charge in [0.05, 0.1) is 12.5 Å². The normalized spacial score (nSPS) is 17.0. The molecule has 0 spiro atoms. The van der Waals surface area contributed by atoms with E-state index in [1.807, 2.05) is 24.3 Å². The molecular weight excluding hydrogens is 467 g/mol. The Labute approximate surface area is 182 Å². The Balaban J connectivity index is 1.89. The van der Waals surface area contributed by atoms with E-state index in [2.05, 4.69) is 15.9 Å². The van der Waals surface area contributed by atoms with Gasteiger partial charge < -0.3 is 9.64 Å². The van der Waals surface area contributed by atoms with Crippen LogP contribution in [0.5, 0.6) is 0 Å². The van der Waals surface area contributed by atoms with Crippen molar-refractivity contribution in [3.63, 3.8) is 0 Å². The van der Waals surface area contributed by atoms with E-state index in [0.29, 0.717) is 16.7 Å². The number of rotatable bonds is 5. The van der Waals surface area contributed by atoms with Crippen molar-refractivity contribution >= 4 is 56.8 Å². The summed E-state index contributed by atoms with van der Waals surface area (Å²) < 4.78 is 6.11. The number of anilines is 1. The first-order valence-corrected chi connectivity index (χ1v) is 10.4. The van der Waals surface area contributed by atoms with Crippen molar-refractivity contribution in [3.05, 3.63) is 62.5 Å². The summed E-state index contributed by atoms with van der Waals surface area (Å²) in [6.45, 7) is 2.87. The minimum absolute atomic E-state index is 0.186. The van der Waals surface area contributed by atoms with Crippen molar-refractivity contribution in [2.45, 2.75) is 13.5 Å². The predicted molar refractivity (Wildman–Crippen MR) is 114 cm³/mol. The van der Waals surface area contributed by atoms with E-state index in [1.54, 1.807) is 34.9 Å². The second-order valence-electron chi connectivity index (χ2n) is 6.43. The zero-order valence-electron chi connectivity index (χ0n) is 15.2. The van der Waals surface area contributed by atoms with Crippen LogP contribution < -0.4 is 4.90 Å². The number of ether oxygens (including phenoxy) is 1. The van der Waals surface area contributed by atoms with Gasteiger partial charge >= 0.3 is 12.0 Å². The third-order valence-corrected chi connectivity index (χ3v) is 5.60. The summed E-state index contributed by atoms with van der Waals surface area (Å²) in [5.41, 5.74) is 1.48. The third kappa shape index (κ3) is 4.80. The van der Waals surface area contributed by atoms with Crippen LogP contribution in [0.15, 0.2) is 46.9 Å². The minimum Gasteiger partial charge on any atom is -0.466 e. The summed E-state index contributed by atoms with van der Waals surface area (Å²) >= 11 is 15.6. The fourth-order valence-corrected chi connectivity index (χ4v) is 3.84. The first-order chi connectivity index (χ1) is 13.4. The highest BCUT2D eigenvalue weighted by Gasteiger charge is 2.37. The van der Waals surface area contributed by atoms with Gasteiger partial charge in [-0.1, -0.05) is 45.2 Å². The van der Waals surface area contributed by atoms with Gasteiger partial charge in [0.1, 0.15) is 0 Å². The van der Waals surface area contributed by atoms with Crippen molar-refractivity contribution in [1.82, 2.24) is 4.90 Å². The van der Waals surface area contributed by atoms with Gasteiger partial charge in [0, 0.05) is 39.8 Å². The molecule has 28 heavy (non-hydrogen) atoms. The largest absolute Gasteiger partial charge is 0.466 e. The predicted octanol–water partition coefficient (Wildman–Crippen LogP) is 5.38. The van der Waals surface area contributed by atoms with Crippen LogP contribution >= 0.6 is 39.1 Å². The van der Waals surface area contributed by atoms with Crippen LogP contribution in [0.2, 0.25) is 10.0 Å². The summed E-state index contributed by atoms with van der Waals surface area (Å²) in [7, 11) is 0. The van der Waals surface area contributed by atoms with E-state index in [0.717, 1.165) is 15.7 Å². The van der Waals surface area contributed by atoms with E-state index < -0.39 is 5.92 Å². The lowest BCUT2D eigenvalue weighted by atomic mass is 10.0. The third-order valence-electron chi connectivity index (χ3n) is 4.48. The van der Waals surface area contributed by atoms with E-state index in [-0.39, 0.29) is 31.6 Å². The number of hydrogen-bond donors (Lipinski definition) is 0. The van der Waals surface area contributed by atoms with E-state index in [4.69, 9.17) is 27.9 Å². The lowest BCUT2D eigenvalue weighted by Gasteiger charge is -2.39. The first kappa shape index (κ1) is 21.0. The van der Waals surface area contributed by atoms with Crippen molar-refractivity contribution in [3.8, 4) is 0 Å². The number of urea groups is 1. The van der Waals surface area contributed by atoms with Crippen LogP contribution in [0.1, 0.15) is 12.5 Å². The Kier molecular flexibility index (Phi) is 6.86. The smallest absolute Gasteiger partial charge is 0.324 e. The summed E-state index contributed by atoms with van der Waals surface area (Å²) in [5.74, 6) is -0.767. The van der Waals surface area contributed by atoms with Crippen LogP contribution in [0, 0.1) is 5.92 Å². The summed E-state index contributed by atoms with van der Waals surface area (Å²) in [6, 6.07) is 12.4. The van der Waals surface area contributed by atoms with E-state index in [9.17, 15) is 9.59 Å². The van der Waals surface area contributed by atoms with E-state index >= 15 is 0 Å². The van der Waals surface area contributed by atoms with Crippen LogP contribution in [0.4, 0.5) is 10.5 Å².